The van der Waals surface area contributed by atoms with Gasteiger partial charge in [-0.25, -0.2) is 0 Å². The number of hydrogen-bond acceptors (Lipinski definition) is 2. The minimum Gasteiger partial charge on any atom is -0.491 e. The summed E-state index contributed by atoms with van der Waals surface area (Å²) >= 11 is 9.73. The van der Waals surface area contributed by atoms with Crippen LogP contribution < -0.4 is 10.1 Å². The Kier molecular flexibility index (Phi) is 5.68. The zero-order chi connectivity index (χ0) is 15.4. The van der Waals surface area contributed by atoms with Gasteiger partial charge in [-0.05, 0) is 62.4 Å². The minimum absolute atomic E-state index is 0.0498. The third-order valence-electron chi connectivity index (χ3n) is 3.12. The zero-order valence-electron chi connectivity index (χ0n) is 12.4. The molecule has 1 unspecified atom stereocenters. The fourth-order valence-corrected chi connectivity index (χ4v) is 2.93. The third-order valence-corrected chi connectivity index (χ3v) is 4.08. The van der Waals surface area contributed by atoms with Crippen LogP contribution in [-0.2, 0) is 0 Å². The van der Waals surface area contributed by atoms with Gasteiger partial charge in [0.15, 0.2) is 0 Å². The maximum absolute atomic E-state index is 6.13. The van der Waals surface area contributed by atoms with E-state index in [1.807, 2.05) is 51.2 Å². The molecule has 0 saturated carbocycles. The lowest BCUT2D eigenvalue weighted by atomic mass is 9.98. The third kappa shape index (κ3) is 4.22. The first kappa shape index (κ1) is 16.3. The summed E-state index contributed by atoms with van der Waals surface area (Å²) in [5.41, 5.74) is 2.24. The van der Waals surface area contributed by atoms with Crippen LogP contribution in [-0.4, -0.2) is 13.2 Å². The standard InChI is InChI=1S/C17H19BrClNO/c1-11(2)21-14-6-4-5-12(9-14)17(20-3)15-10-13(19)7-8-16(15)18/h4-11,17,20H,1-3H3. The predicted molar refractivity (Wildman–Crippen MR) is 92.3 cm³/mol. The lowest BCUT2D eigenvalue weighted by molar-refractivity contribution is 0.242. The molecule has 2 aromatic carbocycles. The van der Waals surface area contributed by atoms with Crippen LogP contribution in [0.15, 0.2) is 46.9 Å². The Morgan fingerprint density at radius 3 is 2.57 bits per heavy atom. The molecular formula is C17H19BrClNO. The number of nitrogens with one attached hydrogen (secondary N) is 1. The molecule has 4 heteroatoms. The van der Waals surface area contributed by atoms with Crippen molar-refractivity contribution in [2.45, 2.75) is 26.0 Å². The van der Waals surface area contributed by atoms with Gasteiger partial charge in [0.25, 0.3) is 0 Å². The van der Waals surface area contributed by atoms with Gasteiger partial charge in [0.2, 0.25) is 0 Å². The summed E-state index contributed by atoms with van der Waals surface area (Å²) in [6.07, 6.45) is 0.159. The Hall–Kier alpha value is -1.03. The maximum atomic E-state index is 6.13. The molecular weight excluding hydrogens is 350 g/mol. The first-order valence-corrected chi connectivity index (χ1v) is 8.07. The fraction of sp³-hybridized carbons (Fsp3) is 0.294. The van der Waals surface area contributed by atoms with E-state index in [4.69, 9.17) is 16.3 Å². The normalized spacial score (nSPS) is 12.5. The van der Waals surface area contributed by atoms with Gasteiger partial charge in [0.1, 0.15) is 5.75 Å². The van der Waals surface area contributed by atoms with Gasteiger partial charge in [-0.3, -0.25) is 0 Å². The van der Waals surface area contributed by atoms with Crippen LogP contribution in [0, 0.1) is 0 Å². The lowest BCUT2D eigenvalue weighted by Crippen LogP contribution is -2.18. The van der Waals surface area contributed by atoms with Crippen molar-refractivity contribution in [2.24, 2.45) is 0 Å². The van der Waals surface area contributed by atoms with E-state index in [9.17, 15) is 0 Å². The highest BCUT2D eigenvalue weighted by Crippen LogP contribution is 2.32. The molecule has 0 radical (unpaired) electrons. The molecule has 21 heavy (non-hydrogen) atoms. The van der Waals surface area contributed by atoms with Crippen LogP contribution in [0.5, 0.6) is 5.75 Å². The summed E-state index contributed by atoms with van der Waals surface area (Å²) in [7, 11) is 1.94. The minimum atomic E-state index is 0.0498. The van der Waals surface area contributed by atoms with E-state index in [2.05, 4.69) is 33.4 Å². The average molecular weight is 369 g/mol. The summed E-state index contributed by atoms with van der Waals surface area (Å²) in [5, 5.41) is 4.06. The van der Waals surface area contributed by atoms with Gasteiger partial charge in [-0.15, -0.1) is 0 Å². The summed E-state index contributed by atoms with van der Waals surface area (Å²) in [4.78, 5) is 0. The molecule has 2 nitrogen and oxygen atoms in total. The second-order valence-corrected chi connectivity index (χ2v) is 6.42. The molecule has 0 aliphatic carbocycles. The van der Waals surface area contributed by atoms with Crippen LogP contribution >= 0.6 is 27.5 Å². The first-order chi connectivity index (χ1) is 10.0. The highest BCUT2D eigenvalue weighted by Gasteiger charge is 2.16. The van der Waals surface area contributed by atoms with Crippen molar-refractivity contribution >= 4 is 27.5 Å². The molecule has 0 aliphatic rings. The van der Waals surface area contributed by atoms with Crippen LogP contribution in [0.25, 0.3) is 0 Å². The summed E-state index contributed by atoms with van der Waals surface area (Å²) in [5.74, 6) is 0.876. The molecule has 0 bridgehead atoms. The second kappa shape index (κ2) is 7.30. The monoisotopic (exact) mass is 367 g/mol. The maximum Gasteiger partial charge on any atom is 0.120 e. The van der Waals surface area contributed by atoms with Crippen molar-refractivity contribution in [3.63, 3.8) is 0 Å². The first-order valence-electron chi connectivity index (χ1n) is 6.90. The molecule has 0 aromatic heterocycles. The smallest absolute Gasteiger partial charge is 0.120 e. The molecule has 0 amide bonds. The quantitative estimate of drug-likeness (QED) is 0.783. The summed E-state index contributed by atoms with van der Waals surface area (Å²) in [6.45, 7) is 4.05. The Bertz CT molecular complexity index is 615. The van der Waals surface area contributed by atoms with Crippen LogP contribution in [0.3, 0.4) is 0 Å². The van der Waals surface area contributed by atoms with Gasteiger partial charge in [0.05, 0.1) is 12.1 Å². The van der Waals surface area contributed by atoms with Crippen molar-refractivity contribution in [1.29, 1.82) is 0 Å². The average Bonchev–Trinajstić information content (AvgIpc) is 2.43. The molecule has 0 saturated heterocycles. The molecule has 0 heterocycles. The second-order valence-electron chi connectivity index (χ2n) is 5.13. The molecule has 0 fully saturated rings. The fourth-order valence-electron chi connectivity index (χ4n) is 2.28. The Morgan fingerprint density at radius 1 is 1.14 bits per heavy atom. The highest BCUT2D eigenvalue weighted by atomic mass is 79.9. The highest BCUT2D eigenvalue weighted by molar-refractivity contribution is 9.10. The van der Waals surface area contributed by atoms with Crippen molar-refractivity contribution in [2.75, 3.05) is 7.05 Å². The van der Waals surface area contributed by atoms with Gasteiger partial charge >= 0.3 is 0 Å². The lowest BCUT2D eigenvalue weighted by Gasteiger charge is -2.20. The van der Waals surface area contributed by atoms with E-state index in [-0.39, 0.29) is 12.1 Å². The van der Waals surface area contributed by atoms with Crippen molar-refractivity contribution in [3.05, 3.63) is 63.1 Å². The molecule has 112 valence electrons. The number of halogens is 2. The Labute approximate surface area is 139 Å². The van der Waals surface area contributed by atoms with E-state index in [0.29, 0.717) is 0 Å². The van der Waals surface area contributed by atoms with Crippen molar-refractivity contribution in [3.8, 4) is 5.75 Å². The van der Waals surface area contributed by atoms with Gasteiger partial charge < -0.3 is 10.1 Å². The van der Waals surface area contributed by atoms with Crippen molar-refractivity contribution < 1.29 is 4.74 Å². The molecule has 0 spiro atoms. The van der Waals surface area contributed by atoms with E-state index in [1.54, 1.807) is 0 Å². The topological polar surface area (TPSA) is 21.3 Å². The predicted octanol–water partition coefficient (Wildman–Crippen LogP) is 5.20. The molecule has 1 atom stereocenters. The van der Waals surface area contributed by atoms with Gasteiger partial charge in [0, 0.05) is 9.50 Å². The Morgan fingerprint density at radius 2 is 1.90 bits per heavy atom. The molecule has 2 rings (SSSR count). The SMILES string of the molecule is CNC(c1cccc(OC(C)C)c1)c1cc(Cl)ccc1Br. The number of hydrogen-bond donors (Lipinski definition) is 1. The van der Waals surface area contributed by atoms with E-state index in [0.717, 1.165) is 26.4 Å². The summed E-state index contributed by atoms with van der Waals surface area (Å²) in [6, 6.07) is 14.0. The molecule has 0 aliphatic heterocycles. The van der Waals surface area contributed by atoms with Crippen molar-refractivity contribution in [1.82, 2.24) is 5.32 Å². The van der Waals surface area contributed by atoms with Crippen LogP contribution in [0.2, 0.25) is 5.02 Å². The number of rotatable bonds is 5. The Balaban J connectivity index is 2.39. The van der Waals surface area contributed by atoms with Gasteiger partial charge in [-0.2, -0.15) is 0 Å². The van der Waals surface area contributed by atoms with Crippen LogP contribution in [0.4, 0.5) is 0 Å². The summed E-state index contributed by atoms with van der Waals surface area (Å²) < 4.78 is 6.80. The van der Waals surface area contributed by atoms with Crippen LogP contribution in [0.1, 0.15) is 31.0 Å². The van der Waals surface area contributed by atoms with Gasteiger partial charge in [-0.1, -0.05) is 39.7 Å². The number of benzene rings is 2. The van der Waals surface area contributed by atoms with E-state index in [1.165, 1.54) is 0 Å². The molecule has 2 aromatic rings. The number of ether oxygens (including phenoxy) is 1. The largest absolute Gasteiger partial charge is 0.491 e. The zero-order valence-corrected chi connectivity index (χ0v) is 14.7. The van der Waals surface area contributed by atoms with E-state index >= 15 is 0 Å². The van der Waals surface area contributed by atoms with E-state index < -0.39 is 0 Å². The molecule has 1 N–H and O–H groups in total.